The molecule has 2 rings (SSSR count). The zero-order valence-electron chi connectivity index (χ0n) is 10.3. The van der Waals surface area contributed by atoms with Crippen molar-refractivity contribution in [2.45, 2.75) is 44.3 Å². The minimum Gasteiger partial charge on any atom is -0.352 e. The van der Waals surface area contributed by atoms with Crippen LogP contribution in [-0.2, 0) is 4.79 Å². The molecule has 1 saturated heterocycles. The largest absolute Gasteiger partial charge is 0.401 e. The van der Waals surface area contributed by atoms with Crippen LogP contribution in [0.15, 0.2) is 0 Å². The molecule has 18 heavy (non-hydrogen) atoms. The van der Waals surface area contributed by atoms with Gasteiger partial charge in [0.15, 0.2) is 0 Å². The van der Waals surface area contributed by atoms with Gasteiger partial charge in [0.25, 0.3) is 0 Å². The Labute approximate surface area is 105 Å². The minimum atomic E-state index is -4.15. The van der Waals surface area contributed by atoms with E-state index in [4.69, 9.17) is 0 Å². The molecule has 0 aromatic heterocycles. The van der Waals surface area contributed by atoms with Crippen LogP contribution in [0.3, 0.4) is 0 Å². The summed E-state index contributed by atoms with van der Waals surface area (Å²) < 4.78 is 36.6. The van der Waals surface area contributed by atoms with E-state index in [9.17, 15) is 18.0 Å². The third kappa shape index (κ3) is 3.86. The molecule has 3 nitrogen and oxygen atoms in total. The van der Waals surface area contributed by atoms with E-state index >= 15 is 0 Å². The van der Waals surface area contributed by atoms with Gasteiger partial charge in [-0.3, -0.25) is 9.69 Å². The lowest BCUT2D eigenvalue weighted by atomic mass is 10.1. The number of nitrogens with one attached hydrogen (secondary N) is 1. The van der Waals surface area contributed by atoms with Gasteiger partial charge in [-0.05, 0) is 19.3 Å². The van der Waals surface area contributed by atoms with Crippen molar-refractivity contribution in [3.05, 3.63) is 0 Å². The predicted molar refractivity (Wildman–Crippen MR) is 61.0 cm³/mol. The molecule has 1 aliphatic carbocycles. The molecule has 1 amide bonds. The summed E-state index contributed by atoms with van der Waals surface area (Å²) in [5.41, 5.74) is 0. The average Bonchev–Trinajstić information content (AvgIpc) is 2.86. The number of nitrogens with zero attached hydrogens (tertiary/aromatic N) is 1. The molecule has 0 aromatic rings. The molecule has 0 spiro atoms. The van der Waals surface area contributed by atoms with Crippen LogP contribution in [-0.4, -0.2) is 42.7 Å². The van der Waals surface area contributed by atoms with E-state index in [2.05, 4.69) is 5.32 Å². The molecule has 1 unspecified atom stereocenters. The molecule has 6 heteroatoms. The van der Waals surface area contributed by atoms with Gasteiger partial charge in [-0.1, -0.05) is 12.8 Å². The molecule has 1 heterocycles. The maximum Gasteiger partial charge on any atom is 0.401 e. The highest BCUT2D eigenvalue weighted by Crippen LogP contribution is 2.25. The number of halogens is 3. The summed E-state index contributed by atoms with van der Waals surface area (Å²) in [7, 11) is 0. The average molecular weight is 264 g/mol. The Kier molecular flexibility index (Phi) is 4.14. The van der Waals surface area contributed by atoms with Crippen LogP contribution in [0.4, 0.5) is 13.2 Å². The first-order valence-corrected chi connectivity index (χ1v) is 6.53. The monoisotopic (exact) mass is 264 g/mol. The molecule has 1 atom stereocenters. The Morgan fingerprint density at radius 2 is 1.89 bits per heavy atom. The fourth-order valence-electron chi connectivity index (χ4n) is 2.85. The van der Waals surface area contributed by atoms with E-state index in [0.717, 1.165) is 25.7 Å². The van der Waals surface area contributed by atoms with Crippen molar-refractivity contribution in [2.24, 2.45) is 5.92 Å². The molecule has 0 radical (unpaired) electrons. The lowest BCUT2D eigenvalue weighted by molar-refractivity contribution is -0.143. The van der Waals surface area contributed by atoms with E-state index in [1.54, 1.807) is 0 Å². The van der Waals surface area contributed by atoms with Crippen LogP contribution in [0.1, 0.15) is 32.1 Å². The standard InChI is InChI=1S/C12H19F3N2O/c13-12(14,15)8-17-6-5-10(7-17)16-11(18)9-3-1-2-4-9/h9-10H,1-8H2,(H,16,18). The summed E-state index contributed by atoms with van der Waals surface area (Å²) >= 11 is 0. The van der Waals surface area contributed by atoms with Crippen LogP contribution in [0.2, 0.25) is 0 Å². The molecule has 104 valence electrons. The third-order valence-corrected chi connectivity index (χ3v) is 3.75. The molecule has 1 saturated carbocycles. The smallest absolute Gasteiger partial charge is 0.352 e. The van der Waals surface area contributed by atoms with Crippen LogP contribution >= 0.6 is 0 Å². The second-order valence-corrected chi connectivity index (χ2v) is 5.33. The molecule has 1 aliphatic heterocycles. The van der Waals surface area contributed by atoms with E-state index in [0.29, 0.717) is 19.5 Å². The van der Waals surface area contributed by atoms with Gasteiger partial charge in [0.1, 0.15) is 0 Å². The first kappa shape index (κ1) is 13.6. The zero-order valence-corrected chi connectivity index (χ0v) is 10.3. The van der Waals surface area contributed by atoms with Crippen molar-refractivity contribution in [1.29, 1.82) is 0 Å². The first-order chi connectivity index (χ1) is 8.44. The third-order valence-electron chi connectivity index (χ3n) is 3.75. The second-order valence-electron chi connectivity index (χ2n) is 5.33. The van der Waals surface area contributed by atoms with Crippen molar-refractivity contribution in [1.82, 2.24) is 10.2 Å². The zero-order chi connectivity index (χ0) is 13.2. The summed E-state index contributed by atoms with van der Waals surface area (Å²) in [6.45, 7) is -0.143. The summed E-state index contributed by atoms with van der Waals surface area (Å²) in [4.78, 5) is 13.2. The van der Waals surface area contributed by atoms with Gasteiger partial charge in [-0.15, -0.1) is 0 Å². The Balaban J connectivity index is 1.73. The fraction of sp³-hybridized carbons (Fsp3) is 0.917. The number of carbonyl (C=O) groups is 1. The van der Waals surface area contributed by atoms with Crippen LogP contribution < -0.4 is 5.32 Å². The van der Waals surface area contributed by atoms with E-state index < -0.39 is 12.7 Å². The van der Waals surface area contributed by atoms with Crippen molar-refractivity contribution >= 4 is 5.91 Å². The van der Waals surface area contributed by atoms with Gasteiger partial charge >= 0.3 is 6.18 Å². The Bertz CT molecular complexity index is 300. The Morgan fingerprint density at radius 3 is 2.50 bits per heavy atom. The van der Waals surface area contributed by atoms with Crippen molar-refractivity contribution in [3.8, 4) is 0 Å². The highest BCUT2D eigenvalue weighted by atomic mass is 19.4. The number of hydrogen-bond donors (Lipinski definition) is 1. The maximum absolute atomic E-state index is 12.2. The van der Waals surface area contributed by atoms with Gasteiger partial charge in [-0.25, -0.2) is 0 Å². The lowest BCUT2D eigenvalue weighted by Gasteiger charge is -2.19. The summed E-state index contributed by atoms with van der Waals surface area (Å²) in [6, 6.07) is -0.111. The maximum atomic E-state index is 12.2. The van der Waals surface area contributed by atoms with Crippen molar-refractivity contribution in [2.75, 3.05) is 19.6 Å². The van der Waals surface area contributed by atoms with Gasteiger partial charge < -0.3 is 5.32 Å². The normalized spacial score (nSPS) is 26.7. The van der Waals surface area contributed by atoms with Gasteiger partial charge in [0.05, 0.1) is 6.54 Å². The van der Waals surface area contributed by atoms with Crippen LogP contribution in [0, 0.1) is 5.92 Å². The number of amides is 1. The van der Waals surface area contributed by atoms with E-state index in [1.807, 2.05) is 0 Å². The highest BCUT2D eigenvalue weighted by molar-refractivity contribution is 5.79. The topological polar surface area (TPSA) is 32.3 Å². The summed E-state index contributed by atoms with van der Waals surface area (Å²) in [5.74, 6) is 0.119. The lowest BCUT2D eigenvalue weighted by Crippen LogP contribution is -2.41. The molecule has 1 N–H and O–H groups in total. The SMILES string of the molecule is O=C(NC1CCN(CC(F)(F)F)C1)C1CCCC1. The first-order valence-electron chi connectivity index (χ1n) is 6.53. The van der Waals surface area contributed by atoms with E-state index in [1.165, 1.54) is 4.90 Å². The van der Waals surface area contributed by atoms with Crippen molar-refractivity contribution < 1.29 is 18.0 Å². The molecule has 0 bridgehead atoms. The number of rotatable bonds is 3. The minimum absolute atomic E-state index is 0.0337. The van der Waals surface area contributed by atoms with Crippen LogP contribution in [0.5, 0.6) is 0 Å². The van der Waals surface area contributed by atoms with Crippen LogP contribution in [0.25, 0.3) is 0 Å². The molecule has 2 aliphatic rings. The van der Waals surface area contributed by atoms with Crippen molar-refractivity contribution in [3.63, 3.8) is 0 Å². The molecule has 0 aromatic carbocycles. The number of likely N-dealkylation sites (tertiary alicyclic amines) is 1. The quantitative estimate of drug-likeness (QED) is 0.844. The Hall–Kier alpha value is -0.780. The number of alkyl halides is 3. The predicted octanol–water partition coefficient (Wildman–Crippen LogP) is 1.93. The molecule has 2 fully saturated rings. The fourth-order valence-corrected chi connectivity index (χ4v) is 2.85. The van der Waals surface area contributed by atoms with Gasteiger partial charge in [0.2, 0.25) is 5.91 Å². The van der Waals surface area contributed by atoms with E-state index in [-0.39, 0.29) is 17.9 Å². The summed E-state index contributed by atoms with van der Waals surface area (Å²) in [6.07, 6.45) is 0.487. The molecular weight excluding hydrogens is 245 g/mol. The summed E-state index contributed by atoms with van der Waals surface area (Å²) in [5, 5.41) is 2.89. The number of carbonyl (C=O) groups excluding carboxylic acids is 1. The molecular formula is C12H19F3N2O. The van der Waals surface area contributed by atoms with Gasteiger partial charge in [0, 0.05) is 25.0 Å². The second kappa shape index (κ2) is 5.47. The Morgan fingerprint density at radius 1 is 1.22 bits per heavy atom. The van der Waals surface area contributed by atoms with Gasteiger partial charge in [-0.2, -0.15) is 13.2 Å². The highest BCUT2D eigenvalue weighted by Gasteiger charge is 2.35. The number of hydrogen-bond acceptors (Lipinski definition) is 2.